The summed E-state index contributed by atoms with van der Waals surface area (Å²) < 4.78 is 33.1. The van der Waals surface area contributed by atoms with E-state index in [0.29, 0.717) is 30.5 Å². The lowest BCUT2D eigenvalue weighted by Crippen LogP contribution is -2.60. The maximum atomic E-state index is 13.6. The van der Waals surface area contributed by atoms with Crippen molar-refractivity contribution < 1.29 is 68.6 Å². The molecule has 1 amide bonds. The lowest BCUT2D eigenvalue weighted by molar-refractivity contribution is -0.339. The van der Waals surface area contributed by atoms with Gasteiger partial charge in [0, 0.05) is 24.5 Å². The number of phenols is 3. The predicted octanol–water partition coefficient (Wildman–Crippen LogP) is 1.39. The number of hydrogen-bond donors (Lipinski definition) is 6. The molecule has 0 radical (unpaired) electrons. The van der Waals surface area contributed by atoms with Gasteiger partial charge in [0.15, 0.2) is 29.3 Å². The minimum atomic E-state index is -1.74. The number of carbonyl (C=O) groups is 2. The Morgan fingerprint density at radius 3 is 2.38 bits per heavy atom. The number of piperidine rings is 1. The van der Waals surface area contributed by atoms with Crippen molar-refractivity contribution in [2.75, 3.05) is 27.4 Å². The molecule has 0 spiro atoms. The molecule has 0 aromatic heterocycles. The number of nitrogens with zero attached hydrogens (tertiary/aromatic N) is 1. The Hall–Kier alpha value is -4.80. The minimum absolute atomic E-state index is 0.125. The van der Waals surface area contributed by atoms with Crippen molar-refractivity contribution in [1.29, 1.82) is 0 Å². The summed E-state index contributed by atoms with van der Waals surface area (Å²) in [5, 5.41) is 62.4. The fourth-order valence-corrected chi connectivity index (χ4v) is 6.92. The van der Waals surface area contributed by atoms with Crippen LogP contribution in [0.2, 0.25) is 0 Å². The lowest BCUT2D eigenvalue weighted by atomic mass is 9.73. The predicted molar refractivity (Wildman–Crippen MR) is 172 cm³/mol. The monoisotopic (exact) mass is 697 g/mol. The van der Waals surface area contributed by atoms with Gasteiger partial charge < -0.3 is 64.0 Å². The summed E-state index contributed by atoms with van der Waals surface area (Å²) >= 11 is 0. The Bertz CT molecular complexity index is 1680. The van der Waals surface area contributed by atoms with E-state index in [0.717, 1.165) is 17.2 Å². The number of hydrogen-bond acceptors (Lipinski definition) is 14. The Balaban J connectivity index is 1.13. The van der Waals surface area contributed by atoms with Crippen molar-refractivity contribution in [3.8, 4) is 28.7 Å². The summed E-state index contributed by atoms with van der Waals surface area (Å²) in [6.45, 7) is 3.81. The van der Waals surface area contributed by atoms with Gasteiger partial charge in [-0.2, -0.15) is 0 Å². The molecule has 0 saturated carbocycles. The van der Waals surface area contributed by atoms with Crippen LogP contribution in [0.1, 0.15) is 29.2 Å². The highest BCUT2D eigenvalue weighted by molar-refractivity contribution is 5.95. The van der Waals surface area contributed by atoms with Crippen molar-refractivity contribution in [1.82, 2.24) is 4.90 Å². The number of aromatic hydroxyl groups is 3. The van der Waals surface area contributed by atoms with Gasteiger partial charge in [0.2, 0.25) is 12.0 Å². The number of rotatable bonds is 9. The molecule has 2 saturated heterocycles. The molecule has 0 bridgehead atoms. The smallest absolute Gasteiger partial charge is 0.330 e. The van der Waals surface area contributed by atoms with Crippen LogP contribution in [0, 0.1) is 11.8 Å². The molecule has 15 heteroatoms. The van der Waals surface area contributed by atoms with E-state index in [2.05, 4.69) is 6.58 Å². The molecule has 9 atom stereocenters. The first-order valence-corrected chi connectivity index (χ1v) is 15.9. The van der Waals surface area contributed by atoms with Crippen molar-refractivity contribution in [2.45, 2.75) is 55.9 Å². The molecule has 4 heterocycles. The number of esters is 1. The minimum Gasteiger partial charge on any atom is -0.504 e. The molecule has 0 unspecified atom stereocenters. The normalized spacial score (nSPS) is 30.3. The molecular formula is C35H39NO14. The average Bonchev–Trinajstić information content (AvgIpc) is 3.11. The van der Waals surface area contributed by atoms with Crippen LogP contribution in [0.25, 0.3) is 6.08 Å². The Morgan fingerprint density at radius 1 is 1.00 bits per heavy atom. The van der Waals surface area contributed by atoms with Crippen molar-refractivity contribution in [3.05, 3.63) is 71.5 Å². The summed E-state index contributed by atoms with van der Waals surface area (Å²) in [5.41, 5.74) is 2.41. The van der Waals surface area contributed by atoms with Gasteiger partial charge in [-0.3, -0.25) is 4.79 Å². The molecular weight excluding hydrogens is 658 g/mol. The van der Waals surface area contributed by atoms with Gasteiger partial charge >= 0.3 is 5.97 Å². The van der Waals surface area contributed by atoms with Gasteiger partial charge in [-0.25, -0.2) is 4.79 Å². The van der Waals surface area contributed by atoms with Gasteiger partial charge in [-0.15, -0.1) is 6.58 Å². The molecule has 50 heavy (non-hydrogen) atoms. The first kappa shape index (κ1) is 35.0. The zero-order valence-corrected chi connectivity index (χ0v) is 27.2. The van der Waals surface area contributed by atoms with Crippen molar-refractivity contribution in [2.24, 2.45) is 11.8 Å². The van der Waals surface area contributed by atoms with Gasteiger partial charge in [-0.05, 0) is 59.9 Å². The Morgan fingerprint density at radius 2 is 1.70 bits per heavy atom. The van der Waals surface area contributed by atoms with Crippen LogP contribution in [-0.4, -0.2) is 112 Å². The van der Waals surface area contributed by atoms with Crippen LogP contribution in [0.3, 0.4) is 0 Å². The Labute approximate surface area is 286 Å². The second-order valence-electron chi connectivity index (χ2n) is 12.4. The number of amides is 1. The van der Waals surface area contributed by atoms with Crippen LogP contribution in [0.4, 0.5) is 0 Å². The number of benzene rings is 2. The van der Waals surface area contributed by atoms with E-state index >= 15 is 0 Å². The topological polar surface area (TPSA) is 214 Å². The second-order valence-corrected chi connectivity index (χ2v) is 12.4. The van der Waals surface area contributed by atoms with E-state index in [1.807, 2.05) is 0 Å². The highest BCUT2D eigenvalue weighted by Crippen LogP contribution is 2.49. The Kier molecular flexibility index (Phi) is 9.96. The van der Waals surface area contributed by atoms with E-state index in [4.69, 9.17) is 28.4 Å². The van der Waals surface area contributed by atoms with E-state index in [1.165, 1.54) is 50.8 Å². The number of ether oxygens (including phenoxy) is 6. The van der Waals surface area contributed by atoms with Crippen LogP contribution in [-0.2, 0) is 35.0 Å². The van der Waals surface area contributed by atoms with Crippen LogP contribution in [0.15, 0.2) is 54.8 Å². The summed E-state index contributed by atoms with van der Waals surface area (Å²) in [5.74, 6) is -2.63. The van der Waals surface area contributed by atoms with E-state index < -0.39 is 67.4 Å². The maximum Gasteiger partial charge on any atom is 0.330 e. The van der Waals surface area contributed by atoms with E-state index in [-0.39, 0.29) is 34.7 Å². The summed E-state index contributed by atoms with van der Waals surface area (Å²) in [6, 6.07) is 5.53. The molecule has 2 aromatic carbocycles. The van der Waals surface area contributed by atoms with E-state index in [1.54, 1.807) is 11.0 Å². The van der Waals surface area contributed by atoms with Gasteiger partial charge in [0.05, 0.1) is 32.1 Å². The third-order valence-corrected chi connectivity index (χ3v) is 9.60. The molecule has 0 aliphatic carbocycles. The van der Waals surface area contributed by atoms with Crippen LogP contribution < -0.4 is 9.47 Å². The zero-order chi connectivity index (χ0) is 35.9. The lowest BCUT2D eigenvalue weighted by Gasteiger charge is -2.48. The fourth-order valence-electron chi connectivity index (χ4n) is 6.92. The largest absolute Gasteiger partial charge is 0.504 e. The highest BCUT2D eigenvalue weighted by atomic mass is 16.8. The van der Waals surface area contributed by atoms with Gasteiger partial charge in [0.1, 0.15) is 31.0 Å². The molecule has 6 rings (SSSR count). The number of aliphatic hydroxyl groups excluding tert-OH is 3. The SMILES string of the molecule is C=C[C@H]1[C@H](O[C@@H]2O[C@H](COC(=O)/C=C/c3cc(OC)c(O)c(OC)c3)[C@@H](O)[C@H](O)[C@H]2O)OC=C2C(=O)N3CCc4cc(O)c(O)cc4[C@H]3C[C@H]21. The third kappa shape index (κ3) is 6.45. The average molecular weight is 698 g/mol. The molecule has 15 nitrogen and oxygen atoms in total. The summed E-state index contributed by atoms with van der Waals surface area (Å²) in [6.07, 6.45) is -2.83. The maximum absolute atomic E-state index is 13.6. The van der Waals surface area contributed by atoms with Gasteiger partial charge in [-0.1, -0.05) is 6.08 Å². The highest BCUT2D eigenvalue weighted by Gasteiger charge is 2.51. The number of methoxy groups -OCH3 is 2. The van der Waals surface area contributed by atoms with Crippen molar-refractivity contribution >= 4 is 18.0 Å². The molecule has 4 aliphatic rings. The third-order valence-electron chi connectivity index (χ3n) is 9.60. The first-order valence-electron chi connectivity index (χ1n) is 15.9. The standard InChI is InChI=1S/C35H39NO14/c1-4-18-20-12-22-19-13-24(38)23(37)11-17(19)7-8-36(22)33(44)21(20)14-48-34(18)50-35-32(43)31(42)30(41)27(49-35)15-47-28(39)6-5-16-9-25(45-2)29(40)26(10-16)46-3/h4-6,9-11,13-14,18,20,22,27,30-32,34-35,37-38,40-43H,1,7-8,12,15H2,2-3H3/b6-5+/t18-,20+,22-,27-,30-,31+,32-,34+,35+/m1/s1. The molecule has 6 N–H and O–H groups in total. The molecule has 268 valence electrons. The summed E-state index contributed by atoms with van der Waals surface area (Å²) in [4.78, 5) is 27.9. The number of phenolic OH excluding ortho intramolecular Hbond substituents is 3. The van der Waals surface area contributed by atoms with E-state index in [9.17, 15) is 40.2 Å². The molecule has 2 fully saturated rings. The van der Waals surface area contributed by atoms with Crippen molar-refractivity contribution in [3.63, 3.8) is 0 Å². The summed E-state index contributed by atoms with van der Waals surface area (Å²) in [7, 11) is 2.72. The molecule has 2 aromatic rings. The second kappa shape index (κ2) is 14.2. The number of carbonyl (C=O) groups excluding carboxylic acids is 2. The van der Waals surface area contributed by atoms with Gasteiger partial charge in [0.25, 0.3) is 5.91 Å². The molecule has 4 aliphatic heterocycles. The number of aliphatic hydroxyl groups is 3. The number of fused-ring (bicyclic) bond motifs is 4. The first-order chi connectivity index (χ1) is 23.9. The zero-order valence-electron chi connectivity index (χ0n) is 27.2. The quantitative estimate of drug-likeness (QED) is 0.0946. The van der Waals surface area contributed by atoms with Crippen LogP contribution >= 0.6 is 0 Å². The fraction of sp³-hybridized carbons (Fsp3) is 0.429. The van der Waals surface area contributed by atoms with Crippen LogP contribution in [0.5, 0.6) is 28.7 Å².